The highest BCUT2D eigenvalue weighted by Gasteiger charge is 2.25. The summed E-state index contributed by atoms with van der Waals surface area (Å²) >= 11 is 5.95. The van der Waals surface area contributed by atoms with Gasteiger partial charge >= 0.3 is 0 Å². The van der Waals surface area contributed by atoms with Gasteiger partial charge in [-0.25, -0.2) is 8.42 Å². The molecule has 7 heteroatoms. The predicted molar refractivity (Wildman–Crippen MR) is 133 cm³/mol. The van der Waals surface area contributed by atoms with Crippen molar-refractivity contribution in [1.29, 1.82) is 0 Å². The third-order valence-electron chi connectivity index (χ3n) is 5.56. The minimum atomic E-state index is -3.77. The summed E-state index contributed by atoms with van der Waals surface area (Å²) in [6.45, 7) is 6.36. The predicted octanol–water partition coefficient (Wildman–Crippen LogP) is 5.65. The molecule has 3 rings (SSSR count). The molecule has 0 aliphatic rings. The molecule has 0 atom stereocenters. The normalized spacial score (nSPS) is 12.0. The lowest BCUT2D eigenvalue weighted by molar-refractivity contribution is 0.0911. The zero-order valence-electron chi connectivity index (χ0n) is 19.1. The van der Waals surface area contributed by atoms with Gasteiger partial charge in [0, 0.05) is 29.2 Å². The van der Waals surface area contributed by atoms with E-state index >= 15 is 0 Å². The van der Waals surface area contributed by atoms with Crippen molar-refractivity contribution in [2.24, 2.45) is 0 Å². The topological polar surface area (TPSA) is 66.5 Å². The summed E-state index contributed by atoms with van der Waals surface area (Å²) in [4.78, 5) is 12.7. The van der Waals surface area contributed by atoms with Crippen molar-refractivity contribution in [3.05, 3.63) is 101 Å². The van der Waals surface area contributed by atoms with Crippen LogP contribution in [-0.4, -0.2) is 24.2 Å². The lowest BCUT2D eigenvalue weighted by Crippen LogP contribution is -2.42. The highest BCUT2D eigenvalue weighted by Crippen LogP contribution is 2.23. The smallest absolute Gasteiger partial charge is 0.251 e. The number of carbonyl (C=O) groups is 1. The first-order valence-electron chi connectivity index (χ1n) is 10.8. The maximum atomic E-state index is 13.4. The van der Waals surface area contributed by atoms with E-state index in [4.69, 9.17) is 11.6 Å². The maximum absolute atomic E-state index is 13.4. The number of benzene rings is 3. The van der Waals surface area contributed by atoms with Gasteiger partial charge in [0.25, 0.3) is 5.91 Å². The van der Waals surface area contributed by atoms with Crippen LogP contribution >= 0.6 is 11.6 Å². The Morgan fingerprint density at radius 3 is 1.97 bits per heavy atom. The first-order chi connectivity index (χ1) is 15.6. The Kier molecular flexibility index (Phi) is 7.95. The van der Waals surface area contributed by atoms with Crippen LogP contribution in [0.4, 0.5) is 0 Å². The molecule has 0 saturated carbocycles. The summed E-state index contributed by atoms with van der Waals surface area (Å²) in [6, 6.07) is 22.7. The largest absolute Gasteiger partial charge is 0.347 e. The third kappa shape index (κ3) is 6.67. The Bertz CT molecular complexity index is 1180. The van der Waals surface area contributed by atoms with Gasteiger partial charge in [0.15, 0.2) is 0 Å². The van der Waals surface area contributed by atoms with Gasteiger partial charge in [0.2, 0.25) is 10.0 Å². The summed E-state index contributed by atoms with van der Waals surface area (Å²) < 4.78 is 28.3. The summed E-state index contributed by atoms with van der Waals surface area (Å²) in [6.07, 6.45) is 0.813. The van der Waals surface area contributed by atoms with E-state index in [2.05, 4.69) is 5.32 Å². The fourth-order valence-electron chi connectivity index (χ4n) is 3.20. The number of rotatable bonds is 9. The number of nitrogens with one attached hydrogen (secondary N) is 1. The van der Waals surface area contributed by atoms with E-state index in [-0.39, 0.29) is 29.4 Å². The number of amides is 1. The summed E-state index contributed by atoms with van der Waals surface area (Å²) in [5.74, 6) is -0.150. The van der Waals surface area contributed by atoms with Crippen LogP contribution < -0.4 is 5.32 Å². The van der Waals surface area contributed by atoms with Gasteiger partial charge in [-0.1, -0.05) is 61.0 Å². The molecule has 0 unspecified atom stereocenters. The highest BCUT2D eigenvalue weighted by molar-refractivity contribution is 7.89. The molecule has 0 spiro atoms. The molecule has 1 amide bonds. The van der Waals surface area contributed by atoms with Crippen LogP contribution in [0.3, 0.4) is 0 Å². The van der Waals surface area contributed by atoms with Crippen molar-refractivity contribution in [3.63, 3.8) is 0 Å². The molecular weight excluding hydrogens is 456 g/mol. The second kappa shape index (κ2) is 10.5. The third-order valence-corrected chi connectivity index (χ3v) is 7.62. The average Bonchev–Trinajstić information content (AvgIpc) is 2.80. The van der Waals surface area contributed by atoms with E-state index in [1.807, 2.05) is 51.1 Å². The molecule has 5 nitrogen and oxygen atoms in total. The standard InChI is InChI=1S/C26H29ClN2O3S/c1-4-26(2,3)28-25(30)22-12-10-21(11-13-22)19-29(18-20-8-6-5-7-9-20)33(31,32)24-16-14-23(27)15-17-24/h5-17H,4,18-19H2,1-3H3,(H,28,30). The molecule has 0 fully saturated rings. The van der Waals surface area contributed by atoms with E-state index in [1.54, 1.807) is 36.4 Å². The van der Waals surface area contributed by atoms with E-state index < -0.39 is 10.0 Å². The molecule has 0 radical (unpaired) electrons. The average molecular weight is 485 g/mol. The lowest BCUT2D eigenvalue weighted by Gasteiger charge is -2.25. The first kappa shape index (κ1) is 25.0. The van der Waals surface area contributed by atoms with Crippen molar-refractivity contribution >= 4 is 27.5 Å². The molecular formula is C26H29ClN2O3S. The number of carbonyl (C=O) groups excluding carboxylic acids is 1. The van der Waals surface area contributed by atoms with E-state index in [0.29, 0.717) is 10.6 Å². The van der Waals surface area contributed by atoms with E-state index in [9.17, 15) is 13.2 Å². The van der Waals surface area contributed by atoms with Crippen LogP contribution in [0.2, 0.25) is 5.02 Å². The number of nitrogens with zero attached hydrogens (tertiary/aromatic N) is 1. The fraction of sp³-hybridized carbons (Fsp3) is 0.269. The van der Waals surface area contributed by atoms with Gasteiger partial charge in [-0.15, -0.1) is 0 Å². The van der Waals surface area contributed by atoms with Crippen LogP contribution in [0.5, 0.6) is 0 Å². The number of sulfonamides is 1. The Morgan fingerprint density at radius 1 is 0.879 bits per heavy atom. The van der Waals surface area contributed by atoms with Gasteiger partial charge in [-0.3, -0.25) is 4.79 Å². The molecule has 3 aromatic rings. The number of hydrogen-bond donors (Lipinski definition) is 1. The van der Waals surface area contributed by atoms with Crippen LogP contribution in [0.1, 0.15) is 48.7 Å². The zero-order chi connectivity index (χ0) is 24.1. The maximum Gasteiger partial charge on any atom is 0.251 e. The summed E-state index contributed by atoms with van der Waals surface area (Å²) in [5, 5.41) is 3.49. The highest BCUT2D eigenvalue weighted by atomic mass is 35.5. The number of hydrogen-bond acceptors (Lipinski definition) is 3. The SMILES string of the molecule is CCC(C)(C)NC(=O)c1ccc(CN(Cc2ccccc2)S(=O)(=O)c2ccc(Cl)cc2)cc1. The zero-order valence-corrected chi connectivity index (χ0v) is 20.7. The van der Waals surface area contributed by atoms with Crippen molar-refractivity contribution < 1.29 is 13.2 Å². The Hall–Kier alpha value is -2.67. The van der Waals surface area contributed by atoms with Gasteiger partial charge in [0.1, 0.15) is 0 Å². The lowest BCUT2D eigenvalue weighted by atomic mass is 10.0. The van der Waals surface area contributed by atoms with Crippen molar-refractivity contribution in [3.8, 4) is 0 Å². The minimum absolute atomic E-state index is 0.150. The molecule has 0 aliphatic heterocycles. The van der Waals surface area contributed by atoms with Gasteiger partial charge in [-0.2, -0.15) is 4.31 Å². The summed E-state index contributed by atoms with van der Waals surface area (Å²) in [7, 11) is -3.77. The van der Waals surface area contributed by atoms with Crippen molar-refractivity contribution in [2.75, 3.05) is 0 Å². The molecule has 0 bridgehead atoms. The molecule has 0 heterocycles. The van der Waals surface area contributed by atoms with E-state index in [0.717, 1.165) is 17.5 Å². The van der Waals surface area contributed by atoms with Crippen molar-refractivity contribution in [2.45, 2.75) is 50.7 Å². The Morgan fingerprint density at radius 2 is 1.42 bits per heavy atom. The molecule has 0 aliphatic carbocycles. The van der Waals surface area contributed by atoms with Gasteiger partial charge in [0.05, 0.1) is 4.90 Å². The van der Waals surface area contributed by atoms with Crippen LogP contribution in [-0.2, 0) is 23.1 Å². The number of halogens is 1. The van der Waals surface area contributed by atoms with Gasteiger partial charge < -0.3 is 5.32 Å². The molecule has 3 aromatic carbocycles. The molecule has 33 heavy (non-hydrogen) atoms. The van der Waals surface area contributed by atoms with Crippen molar-refractivity contribution in [1.82, 2.24) is 9.62 Å². The van der Waals surface area contributed by atoms with Crippen LogP contribution in [0.15, 0.2) is 83.8 Å². The van der Waals surface area contributed by atoms with Crippen LogP contribution in [0, 0.1) is 0 Å². The molecule has 174 valence electrons. The molecule has 0 aromatic heterocycles. The fourth-order valence-corrected chi connectivity index (χ4v) is 4.74. The van der Waals surface area contributed by atoms with Gasteiger partial charge in [-0.05, 0) is 67.8 Å². The quantitative estimate of drug-likeness (QED) is 0.426. The second-order valence-electron chi connectivity index (χ2n) is 8.60. The first-order valence-corrected chi connectivity index (χ1v) is 12.6. The monoisotopic (exact) mass is 484 g/mol. The molecule has 1 N–H and O–H groups in total. The molecule has 0 saturated heterocycles. The summed E-state index contributed by atoms with van der Waals surface area (Å²) in [5.41, 5.74) is 1.91. The van der Waals surface area contributed by atoms with Crippen LogP contribution in [0.25, 0.3) is 0 Å². The second-order valence-corrected chi connectivity index (χ2v) is 11.0. The minimum Gasteiger partial charge on any atom is -0.347 e. The Balaban J connectivity index is 1.86. The van der Waals surface area contributed by atoms with E-state index in [1.165, 1.54) is 16.4 Å². The Labute approximate surface area is 201 Å².